The third kappa shape index (κ3) is 8.68. The highest BCUT2D eigenvalue weighted by Crippen LogP contribution is 1.98. The van der Waals surface area contributed by atoms with E-state index in [0.29, 0.717) is 19.5 Å². The molecule has 4 nitrogen and oxygen atoms in total. The molecule has 0 rings (SSSR count). The zero-order valence-electron chi connectivity index (χ0n) is 10.8. The molecule has 0 aliphatic heterocycles. The average molecular weight is 229 g/mol. The van der Waals surface area contributed by atoms with Crippen molar-refractivity contribution in [3.8, 4) is 0 Å². The summed E-state index contributed by atoms with van der Waals surface area (Å²) in [7, 11) is 0. The second kappa shape index (κ2) is 10.9. The van der Waals surface area contributed by atoms with Crippen LogP contribution in [0, 0.1) is 0 Å². The SMILES string of the molecule is CCCN(CCC)CCCC(=O)NCCN. The second-order valence-electron chi connectivity index (χ2n) is 4.08. The molecule has 1 amide bonds. The number of hydrogen-bond donors (Lipinski definition) is 2. The van der Waals surface area contributed by atoms with Crippen molar-refractivity contribution >= 4 is 5.91 Å². The summed E-state index contributed by atoms with van der Waals surface area (Å²) in [5.74, 6) is 0.124. The highest BCUT2D eigenvalue weighted by atomic mass is 16.1. The predicted molar refractivity (Wildman–Crippen MR) is 68.3 cm³/mol. The minimum atomic E-state index is 0.124. The largest absolute Gasteiger partial charge is 0.355 e. The van der Waals surface area contributed by atoms with Gasteiger partial charge in [-0.15, -0.1) is 0 Å². The van der Waals surface area contributed by atoms with Gasteiger partial charge in [-0.2, -0.15) is 0 Å². The number of nitrogens with zero attached hydrogens (tertiary/aromatic N) is 1. The summed E-state index contributed by atoms with van der Waals surface area (Å²) < 4.78 is 0. The van der Waals surface area contributed by atoms with E-state index in [1.807, 2.05) is 0 Å². The molecule has 0 spiro atoms. The van der Waals surface area contributed by atoms with Crippen LogP contribution in [0.3, 0.4) is 0 Å². The van der Waals surface area contributed by atoms with E-state index >= 15 is 0 Å². The van der Waals surface area contributed by atoms with Gasteiger partial charge in [-0.1, -0.05) is 13.8 Å². The number of nitrogens with two attached hydrogens (primary N) is 1. The number of rotatable bonds is 10. The molecule has 0 fully saturated rings. The molecule has 96 valence electrons. The van der Waals surface area contributed by atoms with Gasteiger partial charge >= 0.3 is 0 Å². The van der Waals surface area contributed by atoms with Gasteiger partial charge in [0, 0.05) is 19.5 Å². The maximum atomic E-state index is 11.3. The van der Waals surface area contributed by atoms with Gasteiger partial charge in [0.05, 0.1) is 0 Å². The summed E-state index contributed by atoms with van der Waals surface area (Å²) in [4.78, 5) is 13.7. The Labute approximate surface area is 99.6 Å². The summed E-state index contributed by atoms with van der Waals surface area (Å²) in [6, 6.07) is 0. The first-order valence-electron chi connectivity index (χ1n) is 6.43. The Bertz CT molecular complexity index is 168. The summed E-state index contributed by atoms with van der Waals surface area (Å²) >= 11 is 0. The smallest absolute Gasteiger partial charge is 0.220 e. The van der Waals surface area contributed by atoms with Gasteiger partial charge in [0.1, 0.15) is 0 Å². The summed E-state index contributed by atoms with van der Waals surface area (Å²) in [6.07, 6.45) is 3.92. The number of amides is 1. The minimum absolute atomic E-state index is 0.124. The van der Waals surface area contributed by atoms with Crippen molar-refractivity contribution in [3.05, 3.63) is 0 Å². The maximum absolute atomic E-state index is 11.3. The van der Waals surface area contributed by atoms with Gasteiger partial charge in [-0.05, 0) is 38.9 Å². The zero-order chi connectivity index (χ0) is 12.2. The molecule has 0 radical (unpaired) electrons. The standard InChI is InChI=1S/C12H27N3O/c1-3-9-15(10-4-2)11-5-6-12(16)14-8-7-13/h3-11,13H2,1-2H3,(H,14,16). The van der Waals surface area contributed by atoms with Gasteiger partial charge in [0.2, 0.25) is 5.91 Å². The Hall–Kier alpha value is -0.610. The lowest BCUT2D eigenvalue weighted by molar-refractivity contribution is -0.121. The lowest BCUT2D eigenvalue weighted by atomic mass is 10.2. The van der Waals surface area contributed by atoms with Gasteiger partial charge in [0.15, 0.2) is 0 Å². The molecule has 0 heterocycles. The number of carbonyl (C=O) groups excluding carboxylic acids is 1. The van der Waals surface area contributed by atoms with Crippen molar-refractivity contribution in [1.82, 2.24) is 10.2 Å². The normalized spacial score (nSPS) is 10.8. The lowest BCUT2D eigenvalue weighted by Gasteiger charge is -2.20. The van der Waals surface area contributed by atoms with Crippen LogP contribution in [0.25, 0.3) is 0 Å². The molecule has 0 saturated carbocycles. The van der Waals surface area contributed by atoms with Gasteiger partial charge in [-0.3, -0.25) is 4.79 Å². The summed E-state index contributed by atoms with van der Waals surface area (Å²) in [5, 5.41) is 2.79. The predicted octanol–water partition coefficient (Wildman–Crippen LogP) is 0.964. The third-order valence-electron chi connectivity index (χ3n) is 2.42. The molecule has 3 N–H and O–H groups in total. The molecule has 0 aromatic heterocycles. The molecule has 0 bridgehead atoms. The molecule has 0 unspecified atom stereocenters. The van der Waals surface area contributed by atoms with Crippen LogP contribution < -0.4 is 11.1 Å². The van der Waals surface area contributed by atoms with Crippen molar-refractivity contribution in [2.24, 2.45) is 5.73 Å². The molecule has 0 aliphatic rings. The molecule has 0 saturated heterocycles. The molecular formula is C12H27N3O. The van der Waals surface area contributed by atoms with E-state index in [4.69, 9.17) is 5.73 Å². The van der Waals surface area contributed by atoms with Gasteiger partial charge in [-0.25, -0.2) is 0 Å². The highest BCUT2D eigenvalue weighted by molar-refractivity contribution is 5.75. The van der Waals surface area contributed by atoms with Crippen molar-refractivity contribution in [2.45, 2.75) is 39.5 Å². The van der Waals surface area contributed by atoms with Crippen molar-refractivity contribution in [3.63, 3.8) is 0 Å². The minimum Gasteiger partial charge on any atom is -0.355 e. The molecule has 0 aromatic rings. The molecular weight excluding hydrogens is 202 g/mol. The molecule has 4 heteroatoms. The van der Waals surface area contributed by atoms with Crippen LogP contribution in [-0.4, -0.2) is 43.5 Å². The first-order valence-corrected chi connectivity index (χ1v) is 6.43. The highest BCUT2D eigenvalue weighted by Gasteiger charge is 2.04. The van der Waals surface area contributed by atoms with E-state index in [1.165, 1.54) is 12.8 Å². The Kier molecular flexibility index (Phi) is 10.5. The molecule has 0 aliphatic carbocycles. The van der Waals surface area contributed by atoms with Crippen LogP contribution in [-0.2, 0) is 4.79 Å². The van der Waals surface area contributed by atoms with Crippen LogP contribution in [0.1, 0.15) is 39.5 Å². The summed E-state index contributed by atoms with van der Waals surface area (Å²) in [5.41, 5.74) is 5.31. The zero-order valence-corrected chi connectivity index (χ0v) is 10.8. The Morgan fingerprint density at radius 2 is 1.81 bits per heavy atom. The van der Waals surface area contributed by atoms with E-state index < -0.39 is 0 Å². The average Bonchev–Trinajstić information content (AvgIpc) is 2.27. The Morgan fingerprint density at radius 1 is 1.19 bits per heavy atom. The number of carbonyl (C=O) groups is 1. The fourth-order valence-electron chi connectivity index (χ4n) is 1.73. The third-order valence-corrected chi connectivity index (χ3v) is 2.42. The van der Waals surface area contributed by atoms with Crippen molar-refractivity contribution in [1.29, 1.82) is 0 Å². The quantitative estimate of drug-likeness (QED) is 0.587. The van der Waals surface area contributed by atoms with Gasteiger partial charge in [0.25, 0.3) is 0 Å². The number of hydrogen-bond acceptors (Lipinski definition) is 3. The van der Waals surface area contributed by atoms with Gasteiger partial charge < -0.3 is 16.0 Å². The van der Waals surface area contributed by atoms with Crippen LogP contribution in [0.4, 0.5) is 0 Å². The summed E-state index contributed by atoms with van der Waals surface area (Å²) in [6.45, 7) is 8.79. The van der Waals surface area contributed by atoms with Crippen molar-refractivity contribution < 1.29 is 4.79 Å². The van der Waals surface area contributed by atoms with Crippen LogP contribution in [0.2, 0.25) is 0 Å². The number of nitrogens with one attached hydrogen (secondary N) is 1. The monoisotopic (exact) mass is 229 g/mol. The topological polar surface area (TPSA) is 58.4 Å². The van der Waals surface area contributed by atoms with E-state index in [1.54, 1.807) is 0 Å². The van der Waals surface area contributed by atoms with E-state index in [2.05, 4.69) is 24.1 Å². The lowest BCUT2D eigenvalue weighted by Crippen LogP contribution is -2.31. The van der Waals surface area contributed by atoms with Crippen LogP contribution in [0.15, 0.2) is 0 Å². The first-order chi connectivity index (χ1) is 7.74. The van der Waals surface area contributed by atoms with Crippen molar-refractivity contribution in [2.75, 3.05) is 32.7 Å². The fraction of sp³-hybridized carbons (Fsp3) is 0.917. The maximum Gasteiger partial charge on any atom is 0.220 e. The van der Waals surface area contributed by atoms with Crippen LogP contribution >= 0.6 is 0 Å². The molecule has 16 heavy (non-hydrogen) atoms. The Morgan fingerprint density at radius 3 is 2.31 bits per heavy atom. The molecule has 0 aromatic carbocycles. The van der Waals surface area contributed by atoms with Crippen LogP contribution in [0.5, 0.6) is 0 Å². The second-order valence-corrected chi connectivity index (χ2v) is 4.08. The van der Waals surface area contributed by atoms with E-state index in [9.17, 15) is 4.79 Å². The fourth-order valence-corrected chi connectivity index (χ4v) is 1.73. The first kappa shape index (κ1) is 15.4. The van der Waals surface area contributed by atoms with E-state index in [0.717, 1.165) is 26.1 Å². The Balaban J connectivity index is 3.55. The van der Waals surface area contributed by atoms with E-state index in [-0.39, 0.29) is 5.91 Å². The molecule has 0 atom stereocenters.